The fraction of sp³-hybridized carbons (Fsp3) is 0.933. The van der Waals surface area contributed by atoms with Gasteiger partial charge in [-0.2, -0.15) is 0 Å². The first-order valence-electron chi connectivity index (χ1n) is 7.68. The van der Waals surface area contributed by atoms with Crippen molar-refractivity contribution < 1.29 is 4.79 Å². The van der Waals surface area contributed by atoms with Gasteiger partial charge < -0.3 is 4.90 Å². The lowest BCUT2D eigenvalue weighted by atomic mass is 9.78. The van der Waals surface area contributed by atoms with E-state index in [0.29, 0.717) is 18.1 Å². The van der Waals surface area contributed by atoms with Crippen LogP contribution in [0.25, 0.3) is 0 Å². The Morgan fingerprint density at radius 3 is 2.56 bits per heavy atom. The Balaban J connectivity index is 1.76. The summed E-state index contributed by atoms with van der Waals surface area (Å²) in [7, 11) is 0. The number of nitrogens with zero attached hydrogens (tertiary/aromatic N) is 1. The van der Waals surface area contributed by atoms with Crippen LogP contribution in [0.3, 0.4) is 0 Å². The normalized spacial score (nSPS) is 42.6. The van der Waals surface area contributed by atoms with Gasteiger partial charge in [0.25, 0.3) is 0 Å². The van der Waals surface area contributed by atoms with Gasteiger partial charge in [-0.05, 0) is 50.4 Å². The first-order chi connectivity index (χ1) is 8.57. The van der Waals surface area contributed by atoms with Crippen LogP contribution >= 0.6 is 0 Å². The predicted molar refractivity (Wildman–Crippen MR) is 72.0 cm³/mol. The number of amides is 1. The predicted octanol–water partition coefficient (Wildman–Crippen LogP) is 2.51. The van der Waals surface area contributed by atoms with Gasteiger partial charge in [-0.1, -0.05) is 20.8 Å². The molecule has 0 bridgehead atoms. The molecule has 18 heavy (non-hydrogen) atoms. The van der Waals surface area contributed by atoms with Crippen molar-refractivity contribution in [3.63, 3.8) is 0 Å². The van der Waals surface area contributed by atoms with E-state index in [4.69, 9.17) is 0 Å². The van der Waals surface area contributed by atoms with E-state index >= 15 is 0 Å². The Morgan fingerprint density at radius 2 is 2.00 bits per heavy atom. The second kappa shape index (κ2) is 4.22. The molecule has 3 heteroatoms. The molecule has 3 aliphatic rings. The smallest absolute Gasteiger partial charge is 0.244 e. The zero-order valence-corrected chi connectivity index (χ0v) is 11.9. The summed E-state index contributed by atoms with van der Waals surface area (Å²) in [4.78, 5) is 14.8. The lowest BCUT2D eigenvalue weighted by molar-refractivity contribution is -0.134. The van der Waals surface area contributed by atoms with Crippen LogP contribution in [0.1, 0.15) is 59.3 Å². The molecule has 1 aliphatic heterocycles. The maximum Gasteiger partial charge on any atom is 0.244 e. The summed E-state index contributed by atoms with van der Waals surface area (Å²) in [6.45, 7) is 6.89. The van der Waals surface area contributed by atoms with Gasteiger partial charge in [0, 0.05) is 6.04 Å². The minimum absolute atomic E-state index is 0.132. The SMILES string of the molecule is CCC1NC2(CC2)C(=O)N1C1CCC(C)C(C)C1. The topological polar surface area (TPSA) is 32.3 Å². The quantitative estimate of drug-likeness (QED) is 0.816. The zero-order valence-electron chi connectivity index (χ0n) is 11.9. The summed E-state index contributed by atoms with van der Waals surface area (Å²) in [5.74, 6) is 1.98. The van der Waals surface area contributed by atoms with Gasteiger partial charge in [-0.25, -0.2) is 0 Å². The fourth-order valence-electron chi connectivity index (χ4n) is 3.81. The summed E-state index contributed by atoms with van der Waals surface area (Å²) in [6.07, 6.45) is 7.11. The van der Waals surface area contributed by atoms with Crippen LogP contribution in [0.4, 0.5) is 0 Å². The number of hydrogen-bond acceptors (Lipinski definition) is 2. The maximum atomic E-state index is 12.6. The number of hydrogen-bond donors (Lipinski definition) is 1. The highest BCUT2D eigenvalue weighted by Crippen LogP contribution is 2.45. The van der Waals surface area contributed by atoms with E-state index in [9.17, 15) is 4.79 Å². The third-order valence-corrected chi connectivity index (χ3v) is 5.52. The lowest BCUT2D eigenvalue weighted by Crippen LogP contribution is -2.47. The van der Waals surface area contributed by atoms with Crippen LogP contribution in [0.2, 0.25) is 0 Å². The molecule has 3 rings (SSSR count). The Bertz CT molecular complexity index is 350. The molecule has 102 valence electrons. The molecule has 1 spiro atoms. The van der Waals surface area contributed by atoms with E-state index in [2.05, 4.69) is 31.0 Å². The molecule has 0 radical (unpaired) electrons. The van der Waals surface area contributed by atoms with E-state index in [-0.39, 0.29) is 5.54 Å². The Morgan fingerprint density at radius 1 is 1.28 bits per heavy atom. The van der Waals surface area contributed by atoms with E-state index in [1.807, 2.05) is 0 Å². The fourth-order valence-corrected chi connectivity index (χ4v) is 3.81. The number of carbonyl (C=O) groups is 1. The molecule has 3 fully saturated rings. The number of carbonyl (C=O) groups excluding carboxylic acids is 1. The van der Waals surface area contributed by atoms with Gasteiger partial charge in [-0.3, -0.25) is 10.1 Å². The molecule has 1 saturated heterocycles. The molecular weight excluding hydrogens is 224 g/mol. The summed E-state index contributed by atoms with van der Waals surface area (Å²) in [5.41, 5.74) is -0.132. The van der Waals surface area contributed by atoms with Crippen LogP contribution in [0.5, 0.6) is 0 Å². The molecule has 4 atom stereocenters. The molecule has 2 aliphatic carbocycles. The van der Waals surface area contributed by atoms with Crippen molar-refractivity contribution in [2.24, 2.45) is 11.8 Å². The first kappa shape index (κ1) is 12.5. The molecule has 1 amide bonds. The zero-order chi connectivity index (χ0) is 12.9. The van der Waals surface area contributed by atoms with Gasteiger partial charge in [0.05, 0.1) is 11.7 Å². The summed E-state index contributed by atoms with van der Waals surface area (Å²) in [6, 6.07) is 0.487. The molecular formula is C15H26N2O. The minimum Gasteiger partial charge on any atom is -0.323 e. The van der Waals surface area contributed by atoms with Gasteiger partial charge in [-0.15, -0.1) is 0 Å². The molecule has 4 unspecified atom stereocenters. The van der Waals surface area contributed by atoms with E-state index in [1.165, 1.54) is 19.3 Å². The third kappa shape index (κ3) is 1.78. The van der Waals surface area contributed by atoms with Crippen molar-refractivity contribution in [2.75, 3.05) is 0 Å². The van der Waals surface area contributed by atoms with Crippen molar-refractivity contribution in [2.45, 2.75) is 77.0 Å². The van der Waals surface area contributed by atoms with Crippen LogP contribution < -0.4 is 5.32 Å². The van der Waals surface area contributed by atoms with Crippen molar-refractivity contribution in [1.29, 1.82) is 0 Å². The van der Waals surface area contributed by atoms with E-state index < -0.39 is 0 Å². The van der Waals surface area contributed by atoms with E-state index in [0.717, 1.165) is 31.1 Å². The minimum atomic E-state index is -0.132. The second-order valence-corrected chi connectivity index (χ2v) is 6.78. The highest BCUT2D eigenvalue weighted by atomic mass is 16.2. The molecule has 0 aromatic heterocycles. The number of rotatable bonds is 2. The lowest BCUT2D eigenvalue weighted by Gasteiger charge is -2.39. The van der Waals surface area contributed by atoms with Crippen molar-refractivity contribution >= 4 is 5.91 Å². The molecule has 3 nitrogen and oxygen atoms in total. The molecule has 2 saturated carbocycles. The van der Waals surface area contributed by atoms with Crippen molar-refractivity contribution in [1.82, 2.24) is 10.2 Å². The monoisotopic (exact) mass is 250 g/mol. The average Bonchev–Trinajstić information content (AvgIpc) is 3.07. The van der Waals surface area contributed by atoms with Crippen molar-refractivity contribution in [3.8, 4) is 0 Å². The first-order valence-corrected chi connectivity index (χ1v) is 7.68. The average molecular weight is 250 g/mol. The van der Waals surface area contributed by atoms with Gasteiger partial charge in [0.15, 0.2) is 0 Å². The highest BCUT2D eigenvalue weighted by molar-refractivity contribution is 5.92. The summed E-state index contributed by atoms with van der Waals surface area (Å²) >= 11 is 0. The molecule has 1 N–H and O–H groups in total. The van der Waals surface area contributed by atoms with E-state index in [1.54, 1.807) is 0 Å². The second-order valence-electron chi connectivity index (χ2n) is 6.78. The van der Waals surface area contributed by atoms with Gasteiger partial charge >= 0.3 is 0 Å². The largest absolute Gasteiger partial charge is 0.323 e. The molecule has 1 heterocycles. The molecule has 0 aromatic rings. The van der Waals surface area contributed by atoms with Crippen molar-refractivity contribution in [3.05, 3.63) is 0 Å². The van der Waals surface area contributed by atoms with Gasteiger partial charge in [0.1, 0.15) is 0 Å². The van der Waals surface area contributed by atoms with Crippen LogP contribution in [-0.2, 0) is 4.79 Å². The summed E-state index contributed by atoms with van der Waals surface area (Å²) < 4.78 is 0. The Labute approximate surface area is 110 Å². The van der Waals surface area contributed by atoms with Crippen LogP contribution in [-0.4, -0.2) is 28.6 Å². The Hall–Kier alpha value is -0.570. The number of nitrogens with one attached hydrogen (secondary N) is 1. The molecule has 0 aromatic carbocycles. The third-order valence-electron chi connectivity index (χ3n) is 5.52. The Kier molecular flexibility index (Phi) is 2.92. The van der Waals surface area contributed by atoms with Crippen LogP contribution in [0, 0.1) is 11.8 Å². The van der Waals surface area contributed by atoms with Gasteiger partial charge in [0.2, 0.25) is 5.91 Å². The highest BCUT2D eigenvalue weighted by Gasteiger charge is 2.59. The standard InChI is InChI=1S/C15H26N2O/c1-4-13-16-15(7-8-15)14(18)17(13)12-6-5-10(2)11(3)9-12/h10-13,16H,4-9H2,1-3H3. The summed E-state index contributed by atoms with van der Waals surface area (Å²) in [5, 5.41) is 3.59. The maximum absolute atomic E-state index is 12.6. The van der Waals surface area contributed by atoms with Crippen LogP contribution in [0.15, 0.2) is 0 Å².